The Bertz CT molecular complexity index is 807. The third-order valence-corrected chi connectivity index (χ3v) is 4.52. The van der Waals surface area contributed by atoms with E-state index in [1.165, 1.54) is 0 Å². The zero-order chi connectivity index (χ0) is 19.2. The van der Waals surface area contributed by atoms with Crippen LogP contribution in [0.1, 0.15) is 12.8 Å². The summed E-state index contributed by atoms with van der Waals surface area (Å²) >= 11 is 0. The van der Waals surface area contributed by atoms with E-state index >= 15 is 0 Å². The standard InChI is InChI=1S/C20H23N3O4/c1-26-15-11-9-14(10-12-15)21-19(24)17-7-5-13-23(17)20(25)22-16-6-3-4-8-18(16)27-2/h3-4,6,8-12,17H,5,7,13H2,1-2H3,(H,21,24)(H,22,25)/t17-/m0/s1. The van der Waals surface area contributed by atoms with Crippen LogP contribution < -0.4 is 20.1 Å². The van der Waals surface area contributed by atoms with Gasteiger partial charge in [0.1, 0.15) is 17.5 Å². The molecule has 0 radical (unpaired) electrons. The number of hydrogen-bond donors (Lipinski definition) is 2. The van der Waals surface area contributed by atoms with E-state index in [-0.39, 0.29) is 11.9 Å². The number of likely N-dealkylation sites (tertiary alicyclic amines) is 1. The van der Waals surface area contributed by atoms with Crippen molar-refractivity contribution in [3.8, 4) is 11.5 Å². The molecule has 2 aromatic rings. The first-order valence-electron chi connectivity index (χ1n) is 8.78. The molecule has 1 saturated heterocycles. The predicted octanol–water partition coefficient (Wildman–Crippen LogP) is 3.34. The number of amides is 3. The number of benzene rings is 2. The first kappa shape index (κ1) is 18.6. The SMILES string of the molecule is COc1ccc(NC(=O)[C@@H]2CCCN2C(=O)Nc2ccccc2OC)cc1. The number of nitrogens with one attached hydrogen (secondary N) is 2. The predicted molar refractivity (Wildman–Crippen MR) is 103 cm³/mol. The number of ether oxygens (including phenoxy) is 2. The molecule has 1 aliphatic rings. The molecule has 0 unspecified atom stereocenters. The minimum atomic E-state index is -0.512. The van der Waals surface area contributed by atoms with E-state index in [9.17, 15) is 9.59 Å². The molecular formula is C20H23N3O4. The van der Waals surface area contributed by atoms with Crippen LogP contribution in [0.3, 0.4) is 0 Å². The highest BCUT2D eigenvalue weighted by atomic mass is 16.5. The molecular weight excluding hydrogens is 346 g/mol. The van der Waals surface area contributed by atoms with Crippen molar-refractivity contribution in [2.24, 2.45) is 0 Å². The lowest BCUT2D eigenvalue weighted by Gasteiger charge is -2.24. The number of anilines is 2. The van der Waals surface area contributed by atoms with Crippen LogP contribution in [-0.2, 0) is 4.79 Å². The van der Waals surface area contributed by atoms with Gasteiger partial charge in [-0.05, 0) is 49.2 Å². The zero-order valence-corrected chi connectivity index (χ0v) is 15.4. The fourth-order valence-electron chi connectivity index (χ4n) is 3.12. The van der Waals surface area contributed by atoms with Crippen LogP contribution in [0.2, 0.25) is 0 Å². The van der Waals surface area contributed by atoms with Crippen molar-refractivity contribution in [1.29, 1.82) is 0 Å². The van der Waals surface area contributed by atoms with Crippen molar-refractivity contribution in [2.75, 3.05) is 31.4 Å². The molecule has 27 heavy (non-hydrogen) atoms. The average Bonchev–Trinajstić information content (AvgIpc) is 3.19. The Labute approximate surface area is 158 Å². The summed E-state index contributed by atoms with van der Waals surface area (Å²) in [6, 6.07) is 13.4. The molecule has 0 aromatic heterocycles. The Morgan fingerprint density at radius 1 is 1.00 bits per heavy atom. The lowest BCUT2D eigenvalue weighted by Crippen LogP contribution is -2.45. The van der Waals surface area contributed by atoms with Gasteiger partial charge in [-0.1, -0.05) is 12.1 Å². The monoisotopic (exact) mass is 369 g/mol. The van der Waals surface area contributed by atoms with Crippen molar-refractivity contribution in [1.82, 2.24) is 4.90 Å². The van der Waals surface area contributed by atoms with Crippen molar-refractivity contribution in [3.05, 3.63) is 48.5 Å². The Morgan fingerprint density at radius 2 is 1.74 bits per heavy atom. The van der Waals surface area contributed by atoms with Gasteiger partial charge in [0.15, 0.2) is 0 Å². The van der Waals surface area contributed by atoms with Gasteiger partial charge in [-0.2, -0.15) is 0 Å². The number of methoxy groups -OCH3 is 2. The number of hydrogen-bond acceptors (Lipinski definition) is 4. The van der Waals surface area contributed by atoms with Gasteiger partial charge in [0.25, 0.3) is 0 Å². The smallest absolute Gasteiger partial charge is 0.322 e. The second-order valence-electron chi connectivity index (χ2n) is 6.20. The van der Waals surface area contributed by atoms with Crippen molar-refractivity contribution < 1.29 is 19.1 Å². The van der Waals surface area contributed by atoms with Gasteiger partial charge in [0, 0.05) is 12.2 Å². The maximum absolute atomic E-state index is 12.7. The van der Waals surface area contributed by atoms with Crippen LogP contribution in [0.15, 0.2) is 48.5 Å². The van der Waals surface area contributed by atoms with Crippen LogP contribution in [0, 0.1) is 0 Å². The summed E-state index contributed by atoms with van der Waals surface area (Å²) in [5.41, 5.74) is 1.24. The van der Waals surface area contributed by atoms with E-state index in [0.29, 0.717) is 35.8 Å². The van der Waals surface area contributed by atoms with E-state index in [0.717, 1.165) is 6.42 Å². The first-order chi connectivity index (χ1) is 13.1. The second kappa shape index (κ2) is 8.44. The minimum absolute atomic E-state index is 0.201. The van der Waals surface area contributed by atoms with Crippen molar-refractivity contribution in [2.45, 2.75) is 18.9 Å². The number of rotatable bonds is 5. The second-order valence-corrected chi connectivity index (χ2v) is 6.20. The molecule has 1 aliphatic heterocycles. The number of para-hydroxylation sites is 2. The van der Waals surface area contributed by atoms with Crippen LogP contribution in [0.4, 0.5) is 16.2 Å². The van der Waals surface area contributed by atoms with Gasteiger partial charge < -0.3 is 25.0 Å². The number of nitrogens with zero attached hydrogens (tertiary/aromatic N) is 1. The molecule has 2 aromatic carbocycles. The summed E-state index contributed by atoms with van der Waals surface area (Å²) in [6.07, 6.45) is 1.40. The topological polar surface area (TPSA) is 79.9 Å². The van der Waals surface area contributed by atoms with Crippen molar-refractivity contribution in [3.63, 3.8) is 0 Å². The van der Waals surface area contributed by atoms with Crippen molar-refractivity contribution >= 4 is 23.3 Å². The number of carbonyl (C=O) groups is 2. The van der Waals surface area contributed by atoms with E-state index < -0.39 is 6.04 Å². The van der Waals surface area contributed by atoms with Gasteiger partial charge in [-0.3, -0.25) is 4.79 Å². The van der Waals surface area contributed by atoms with E-state index in [4.69, 9.17) is 9.47 Å². The lowest BCUT2D eigenvalue weighted by atomic mass is 10.2. The van der Waals surface area contributed by atoms with Crippen LogP contribution in [0.25, 0.3) is 0 Å². The van der Waals surface area contributed by atoms with Crippen LogP contribution in [-0.4, -0.2) is 43.6 Å². The summed E-state index contributed by atoms with van der Waals surface area (Å²) in [5.74, 6) is 1.09. The zero-order valence-electron chi connectivity index (χ0n) is 15.4. The Balaban J connectivity index is 1.66. The maximum Gasteiger partial charge on any atom is 0.322 e. The fourth-order valence-corrected chi connectivity index (χ4v) is 3.12. The van der Waals surface area contributed by atoms with E-state index in [1.54, 1.807) is 55.5 Å². The van der Waals surface area contributed by atoms with E-state index in [1.807, 2.05) is 12.1 Å². The molecule has 0 aliphatic carbocycles. The Hall–Kier alpha value is -3.22. The highest BCUT2D eigenvalue weighted by Crippen LogP contribution is 2.26. The molecule has 2 N–H and O–H groups in total. The largest absolute Gasteiger partial charge is 0.497 e. The van der Waals surface area contributed by atoms with E-state index in [2.05, 4.69) is 10.6 Å². The van der Waals surface area contributed by atoms with Gasteiger partial charge in [-0.15, -0.1) is 0 Å². The van der Waals surface area contributed by atoms with Crippen LogP contribution >= 0.6 is 0 Å². The lowest BCUT2D eigenvalue weighted by molar-refractivity contribution is -0.119. The number of carbonyl (C=O) groups excluding carboxylic acids is 2. The molecule has 1 fully saturated rings. The third-order valence-electron chi connectivity index (χ3n) is 4.52. The minimum Gasteiger partial charge on any atom is -0.497 e. The average molecular weight is 369 g/mol. The normalized spacial score (nSPS) is 15.9. The molecule has 7 heteroatoms. The summed E-state index contributed by atoms with van der Waals surface area (Å²) < 4.78 is 10.4. The first-order valence-corrected chi connectivity index (χ1v) is 8.78. The molecule has 1 heterocycles. The molecule has 0 saturated carbocycles. The summed E-state index contributed by atoms with van der Waals surface area (Å²) in [5, 5.41) is 5.70. The summed E-state index contributed by atoms with van der Waals surface area (Å²) in [4.78, 5) is 26.9. The highest BCUT2D eigenvalue weighted by Gasteiger charge is 2.34. The van der Waals surface area contributed by atoms with Gasteiger partial charge in [0.05, 0.1) is 19.9 Å². The molecule has 3 amide bonds. The molecule has 0 bridgehead atoms. The summed E-state index contributed by atoms with van der Waals surface area (Å²) in [7, 11) is 3.14. The maximum atomic E-state index is 12.7. The number of urea groups is 1. The van der Waals surface area contributed by atoms with Gasteiger partial charge in [0.2, 0.25) is 5.91 Å². The molecule has 142 valence electrons. The highest BCUT2D eigenvalue weighted by molar-refractivity contribution is 6.00. The molecule has 0 spiro atoms. The Kier molecular flexibility index (Phi) is 5.80. The van der Waals surface area contributed by atoms with Crippen LogP contribution in [0.5, 0.6) is 11.5 Å². The van der Waals surface area contributed by atoms with Gasteiger partial charge in [-0.25, -0.2) is 4.79 Å². The Morgan fingerprint density at radius 3 is 2.44 bits per heavy atom. The summed E-state index contributed by atoms with van der Waals surface area (Å²) in [6.45, 7) is 0.529. The molecule has 1 atom stereocenters. The molecule has 3 rings (SSSR count). The quantitative estimate of drug-likeness (QED) is 0.847. The molecule has 7 nitrogen and oxygen atoms in total. The van der Waals surface area contributed by atoms with Gasteiger partial charge >= 0.3 is 6.03 Å². The third kappa shape index (κ3) is 4.31. The fraction of sp³-hybridized carbons (Fsp3) is 0.300.